The van der Waals surface area contributed by atoms with Crippen LogP contribution in [0.25, 0.3) is 0 Å². The summed E-state index contributed by atoms with van der Waals surface area (Å²) >= 11 is 0. The Morgan fingerprint density at radius 1 is 1.04 bits per heavy atom. The largest absolute Gasteiger partial charge is 0.508 e. The van der Waals surface area contributed by atoms with E-state index in [4.69, 9.17) is 4.74 Å². The Kier molecular flexibility index (Phi) is 6.76. The molecule has 0 bridgehead atoms. The van der Waals surface area contributed by atoms with Gasteiger partial charge in [0.25, 0.3) is 0 Å². The van der Waals surface area contributed by atoms with Gasteiger partial charge in [-0.1, -0.05) is 30.3 Å². The Morgan fingerprint density at radius 3 is 2.39 bits per heavy atom. The Bertz CT molecular complexity index is 729. The number of aromatic hydroxyl groups is 1. The fraction of sp³-hybridized carbons (Fsp3) is 0.500. The average molecular weight is 385 g/mol. The predicted molar refractivity (Wildman–Crippen MR) is 111 cm³/mol. The van der Waals surface area contributed by atoms with Crippen molar-refractivity contribution in [2.45, 2.75) is 45.3 Å². The van der Waals surface area contributed by atoms with Crippen LogP contribution in [-0.4, -0.2) is 35.6 Å². The molecule has 2 atom stereocenters. The first-order chi connectivity index (χ1) is 13.4. The number of nitrogens with two attached hydrogens (primary N) is 1. The third-order valence-corrected chi connectivity index (χ3v) is 6.12. The standard InChI is InChI=1S/C24H33NO3/c1-23(2)18-24(12-13-28-23,14-19-6-4-3-5-7-19)21(17-26)16-25-15-20-8-10-22(27)11-9-20/h3-11,21,25-27H,12-18H2,1-2H3/p+1/t21-,24-/m0/s1. The van der Waals surface area contributed by atoms with E-state index >= 15 is 0 Å². The number of phenolic OH excluding ortho intramolecular Hbond substituents is 1. The summed E-state index contributed by atoms with van der Waals surface area (Å²) < 4.78 is 6.02. The maximum Gasteiger partial charge on any atom is 0.115 e. The molecule has 0 saturated carbocycles. The SMILES string of the molecule is CC1(C)C[C@](Cc2ccccc2)([C@H](CO)C[NH2+]Cc2ccc(O)cc2)CCO1. The van der Waals surface area contributed by atoms with E-state index in [1.165, 1.54) is 11.1 Å². The molecule has 0 aliphatic carbocycles. The maximum atomic E-state index is 10.3. The Hall–Kier alpha value is -1.88. The minimum Gasteiger partial charge on any atom is -0.508 e. The van der Waals surface area contributed by atoms with Crippen molar-refractivity contribution in [3.05, 3.63) is 65.7 Å². The zero-order chi connectivity index (χ0) is 20.0. The lowest BCUT2D eigenvalue weighted by Gasteiger charge is -2.48. The average Bonchev–Trinajstić information content (AvgIpc) is 2.66. The zero-order valence-corrected chi connectivity index (χ0v) is 17.1. The number of benzene rings is 2. The monoisotopic (exact) mass is 384 g/mol. The first-order valence-corrected chi connectivity index (χ1v) is 10.3. The molecule has 1 fully saturated rings. The molecule has 1 aliphatic heterocycles. The van der Waals surface area contributed by atoms with Gasteiger partial charge in [-0.05, 0) is 68.4 Å². The quantitative estimate of drug-likeness (QED) is 0.656. The van der Waals surface area contributed by atoms with Crippen molar-refractivity contribution in [1.29, 1.82) is 0 Å². The molecule has 4 nitrogen and oxygen atoms in total. The van der Waals surface area contributed by atoms with Gasteiger partial charge in [-0.25, -0.2) is 0 Å². The molecular weight excluding hydrogens is 350 g/mol. The van der Waals surface area contributed by atoms with E-state index < -0.39 is 0 Å². The summed E-state index contributed by atoms with van der Waals surface area (Å²) in [5.74, 6) is 0.497. The molecule has 28 heavy (non-hydrogen) atoms. The summed E-state index contributed by atoms with van der Waals surface area (Å²) in [5, 5.41) is 22.1. The molecular formula is C24H34NO3+. The third kappa shape index (κ3) is 5.34. The number of hydrogen-bond acceptors (Lipinski definition) is 3. The second-order valence-corrected chi connectivity index (χ2v) is 8.83. The molecule has 152 valence electrons. The van der Waals surface area contributed by atoms with E-state index in [1.54, 1.807) is 12.1 Å². The summed E-state index contributed by atoms with van der Waals surface area (Å²) in [5.41, 5.74) is 2.37. The van der Waals surface area contributed by atoms with E-state index in [0.29, 0.717) is 5.75 Å². The molecule has 1 saturated heterocycles. The fourth-order valence-corrected chi connectivity index (χ4v) is 4.77. The highest BCUT2D eigenvalue weighted by atomic mass is 16.5. The van der Waals surface area contributed by atoms with Crippen LogP contribution >= 0.6 is 0 Å². The van der Waals surface area contributed by atoms with Gasteiger partial charge in [-0.15, -0.1) is 0 Å². The minimum atomic E-state index is -0.169. The van der Waals surface area contributed by atoms with Crippen LogP contribution in [0, 0.1) is 11.3 Å². The van der Waals surface area contributed by atoms with E-state index in [1.807, 2.05) is 12.1 Å². The number of rotatable bonds is 8. The minimum absolute atomic E-state index is 0.0311. The molecule has 3 rings (SSSR count). The Morgan fingerprint density at radius 2 is 1.75 bits per heavy atom. The van der Waals surface area contributed by atoms with Crippen molar-refractivity contribution in [3.8, 4) is 5.75 Å². The van der Waals surface area contributed by atoms with Crippen LogP contribution in [0.1, 0.15) is 37.8 Å². The molecule has 0 amide bonds. The van der Waals surface area contributed by atoms with Crippen LogP contribution in [0.3, 0.4) is 0 Å². The lowest BCUT2D eigenvalue weighted by molar-refractivity contribution is -0.678. The number of phenols is 1. The molecule has 0 unspecified atom stereocenters. The van der Waals surface area contributed by atoms with Gasteiger partial charge in [-0.2, -0.15) is 0 Å². The first-order valence-electron chi connectivity index (χ1n) is 10.3. The van der Waals surface area contributed by atoms with Crippen molar-refractivity contribution in [1.82, 2.24) is 0 Å². The van der Waals surface area contributed by atoms with Crippen LogP contribution in [-0.2, 0) is 17.7 Å². The van der Waals surface area contributed by atoms with Gasteiger partial charge in [0.15, 0.2) is 0 Å². The zero-order valence-electron chi connectivity index (χ0n) is 17.1. The van der Waals surface area contributed by atoms with Crippen molar-refractivity contribution < 1.29 is 20.3 Å². The number of hydrogen-bond donors (Lipinski definition) is 3. The van der Waals surface area contributed by atoms with E-state index in [0.717, 1.165) is 39.0 Å². The number of quaternary nitrogens is 1. The highest BCUT2D eigenvalue weighted by Gasteiger charge is 2.46. The van der Waals surface area contributed by atoms with Crippen LogP contribution < -0.4 is 5.32 Å². The lowest BCUT2D eigenvalue weighted by atomic mass is 9.63. The lowest BCUT2D eigenvalue weighted by Crippen LogP contribution is -2.85. The smallest absolute Gasteiger partial charge is 0.115 e. The second kappa shape index (κ2) is 9.08. The van der Waals surface area contributed by atoms with Gasteiger partial charge in [0.1, 0.15) is 12.3 Å². The molecule has 4 heteroatoms. The van der Waals surface area contributed by atoms with Gasteiger partial charge in [0.05, 0.1) is 18.8 Å². The van der Waals surface area contributed by atoms with Crippen LogP contribution in [0.5, 0.6) is 5.75 Å². The predicted octanol–water partition coefficient (Wildman–Crippen LogP) is 2.88. The number of aliphatic hydroxyl groups is 1. The molecule has 0 aromatic heterocycles. The van der Waals surface area contributed by atoms with Gasteiger partial charge in [0.2, 0.25) is 0 Å². The summed E-state index contributed by atoms with van der Waals surface area (Å²) in [4.78, 5) is 0. The normalized spacial score (nSPS) is 22.7. The molecule has 1 heterocycles. The first kappa shape index (κ1) is 20.8. The summed E-state index contributed by atoms with van der Waals surface area (Å²) in [6, 6.07) is 18.0. The van der Waals surface area contributed by atoms with Crippen molar-refractivity contribution in [2.24, 2.45) is 11.3 Å². The number of ether oxygens (including phenoxy) is 1. The van der Waals surface area contributed by atoms with Crippen molar-refractivity contribution in [3.63, 3.8) is 0 Å². The van der Waals surface area contributed by atoms with Crippen molar-refractivity contribution in [2.75, 3.05) is 19.8 Å². The molecule has 4 N–H and O–H groups in total. The fourth-order valence-electron chi connectivity index (χ4n) is 4.77. The molecule has 2 aromatic carbocycles. The summed E-state index contributed by atoms with van der Waals surface area (Å²) in [7, 11) is 0. The van der Waals surface area contributed by atoms with Crippen molar-refractivity contribution >= 4 is 0 Å². The van der Waals surface area contributed by atoms with Gasteiger partial charge in [0, 0.05) is 18.1 Å². The molecule has 0 radical (unpaired) electrons. The molecule has 0 spiro atoms. The summed E-state index contributed by atoms with van der Waals surface area (Å²) in [6.45, 7) is 6.99. The van der Waals surface area contributed by atoms with Gasteiger partial charge >= 0.3 is 0 Å². The van der Waals surface area contributed by atoms with Gasteiger partial charge < -0.3 is 20.3 Å². The summed E-state index contributed by atoms with van der Waals surface area (Å²) in [6.07, 6.45) is 2.90. The second-order valence-electron chi connectivity index (χ2n) is 8.83. The van der Waals surface area contributed by atoms with E-state index in [9.17, 15) is 10.2 Å². The highest BCUT2D eigenvalue weighted by Crippen LogP contribution is 2.46. The van der Waals surface area contributed by atoms with Crippen LogP contribution in [0.2, 0.25) is 0 Å². The topological polar surface area (TPSA) is 66.3 Å². The third-order valence-electron chi connectivity index (χ3n) is 6.12. The molecule has 2 aromatic rings. The van der Waals surface area contributed by atoms with Crippen LogP contribution in [0.4, 0.5) is 0 Å². The maximum absolute atomic E-state index is 10.3. The Balaban J connectivity index is 1.73. The molecule has 1 aliphatic rings. The Labute approximate surface area is 168 Å². The van der Waals surface area contributed by atoms with E-state index in [-0.39, 0.29) is 23.5 Å². The van der Waals surface area contributed by atoms with E-state index in [2.05, 4.69) is 49.5 Å². The highest BCUT2D eigenvalue weighted by molar-refractivity contribution is 5.25. The van der Waals surface area contributed by atoms with Gasteiger partial charge in [-0.3, -0.25) is 0 Å². The number of aliphatic hydroxyl groups excluding tert-OH is 1. The van der Waals surface area contributed by atoms with Crippen LogP contribution in [0.15, 0.2) is 54.6 Å².